The topological polar surface area (TPSA) is 64.1 Å². The van der Waals surface area contributed by atoms with Gasteiger partial charge >= 0.3 is 0 Å². The molecule has 0 radical (unpaired) electrons. The lowest BCUT2D eigenvalue weighted by atomic mass is 10.0. The van der Waals surface area contributed by atoms with Gasteiger partial charge in [0.2, 0.25) is 0 Å². The number of nitrogens with two attached hydrogens (primary N) is 2. The van der Waals surface area contributed by atoms with Gasteiger partial charge in [-0.15, -0.1) is 0 Å². The minimum atomic E-state index is 0.709. The molecule has 1 aliphatic rings. The number of hydrogen-bond acceptors (Lipinski definition) is 3. The maximum Gasteiger partial charge on any atom is 0.0550 e. The summed E-state index contributed by atoms with van der Waals surface area (Å²) in [6.07, 6.45) is 2.11. The van der Waals surface area contributed by atoms with Crippen LogP contribution in [0.15, 0.2) is 12.1 Å². The largest absolute Gasteiger partial charge is 0.397 e. The Labute approximate surface area is 78.1 Å². The summed E-state index contributed by atoms with van der Waals surface area (Å²) in [5.41, 5.74) is 15.6. The van der Waals surface area contributed by atoms with Crippen LogP contribution < -0.4 is 16.8 Å². The molecule has 13 heavy (non-hydrogen) atoms. The highest BCUT2D eigenvalue weighted by Gasteiger charge is 2.08. The maximum atomic E-state index is 5.75. The predicted molar refractivity (Wildman–Crippen MR) is 55.5 cm³/mol. The SMILES string of the molecule is Nc1cc2c(cc1N)CCNCC2. The van der Waals surface area contributed by atoms with E-state index < -0.39 is 0 Å². The van der Waals surface area contributed by atoms with Crippen molar-refractivity contribution in [2.75, 3.05) is 24.6 Å². The molecule has 1 aromatic rings. The fraction of sp³-hybridized carbons (Fsp3) is 0.400. The van der Waals surface area contributed by atoms with Crippen molar-refractivity contribution < 1.29 is 0 Å². The number of rotatable bonds is 0. The molecule has 3 nitrogen and oxygen atoms in total. The van der Waals surface area contributed by atoms with Gasteiger partial charge in [0.15, 0.2) is 0 Å². The van der Waals surface area contributed by atoms with Crippen LogP contribution in [0.5, 0.6) is 0 Å². The second-order valence-electron chi connectivity index (χ2n) is 3.50. The molecule has 0 amide bonds. The van der Waals surface area contributed by atoms with Crippen molar-refractivity contribution in [2.24, 2.45) is 0 Å². The van der Waals surface area contributed by atoms with E-state index in [0.717, 1.165) is 25.9 Å². The molecule has 3 heteroatoms. The minimum absolute atomic E-state index is 0.709. The Bertz CT molecular complexity index is 289. The van der Waals surface area contributed by atoms with Crippen molar-refractivity contribution in [1.29, 1.82) is 0 Å². The Hall–Kier alpha value is -1.22. The summed E-state index contributed by atoms with van der Waals surface area (Å²) >= 11 is 0. The third kappa shape index (κ3) is 1.60. The lowest BCUT2D eigenvalue weighted by molar-refractivity contribution is 0.711. The molecule has 1 heterocycles. The van der Waals surface area contributed by atoms with Crippen molar-refractivity contribution in [2.45, 2.75) is 12.8 Å². The van der Waals surface area contributed by atoms with Crippen LogP contribution in [0.25, 0.3) is 0 Å². The molecule has 2 rings (SSSR count). The van der Waals surface area contributed by atoms with Gasteiger partial charge in [0.05, 0.1) is 11.4 Å². The molecule has 5 N–H and O–H groups in total. The van der Waals surface area contributed by atoms with Crippen LogP contribution in [0, 0.1) is 0 Å². The van der Waals surface area contributed by atoms with Gasteiger partial charge in [-0.2, -0.15) is 0 Å². The smallest absolute Gasteiger partial charge is 0.0550 e. The van der Waals surface area contributed by atoms with Gasteiger partial charge in [-0.3, -0.25) is 0 Å². The zero-order valence-corrected chi connectivity index (χ0v) is 7.64. The normalized spacial score (nSPS) is 16.3. The molecular formula is C10H15N3. The quantitative estimate of drug-likeness (QED) is 0.507. The lowest BCUT2D eigenvalue weighted by Crippen LogP contribution is -2.16. The summed E-state index contributed by atoms with van der Waals surface area (Å²) in [4.78, 5) is 0. The molecule has 0 atom stereocenters. The predicted octanol–water partition coefficient (Wildman–Crippen LogP) is 0.539. The molecule has 0 saturated heterocycles. The first-order valence-corrected chi connectivity index (χ1v) is 4.65. The van der Waals surface area contributed by atoms with Crippen molar-refractivity contribution in [3.8, 4) is 0 Å². The molecule has 0 bridgehead atoms. The van der Waals surface area contributed by atoms with Crippen LogP contribution in [0.2, 0.25) is 0 Å². The molecular weight excluding hydrogens is 162 g/mol. The van der Waals surface area contributed by atoms with Gasteiger partial charge in [0.1, 0.15) is 0 Å². The molecule has 0 saturated carbocycles. The number of nitrogen functional groups attached to an aromatic ring is 2. The van der Waals surface area contributed by atoms with Gasteiger partial charge < -0.3 is 16.8 Å². The minimum Gasteiger partial charge on any atom is -0.397 e. The summed E-state index contributed by atoms with van der Waals surface area (Å²) in [5, 5.41) is 3.35. The summed E-state index contributed by atoms with van der Waals surface area (Å²) in [6.45, 7) is 2.08. The fourth-order valence-electron chi connectivity index (χ4n) is 1.76. The summed E-state index contributed by atoms with van der Waals surface area (Å²) in [5.74, 6) is 0. The van der Waals surface area contributed by atoms with Crippen molar-refractivity contribution in [3.63, 3.8) is 0 Å². The van der Waals surface area contributed by atoms with E-state index in [9.17, 15) is 0 Å². The molecule has 1 aromatic carbocycles. The third-order valence-electron chi connectivity index (χ3n) is 2.55. The van der Waals surface area contributed by atoms with E-state index in [1.807, 2.05) is 12.1 Å². The fourth-order valence-corrected chi connectivity index (χ4v) is 1.76. The van der Waals surface area contributed by atoms with Gasteiger partial charge in [0, 0.05) is 0 Å². The van der Waals surface area contributed by atoms with Crippen LogP contribution in [-0.4, -0.2) is 13.1 Å². The first kappa shape index (κ1) is 8.38. The highest BCUT2D eigenvalue weighted by molar-refractivity contribution is 5.66. The van der Waals surface area contributed by atoms with Crippen LogP contribution in [0.3, 0.4) is 0 Å². The highest BCUT2D eigenvalue weighted by atomic mass is 14.8. The van der Waals surface area contributed by atoms with E-state index in [1.54, 1.807) is 0 Å². The summed E-state index contributed by atoms with van der Waals surface area (Å²) in [7, 11) is 0. The number of benzene rings is 1. The summed E-state index contributed by atoms with van der Waals surface area (Å²) in [6, 6.07) is 4.02. The molecule has 0 fully saturated rings. The van der Waals surface area contributed by atoms with Crippen molar-refractivity contribution >= 4 is 11.4 Å². The zero-order chi connectivity index (χ0) is 9.26. The second kappa shape index (κ2) is 3.26. The van der Waals surface area contributed by atoms with E-state index >= 15 is 0 Å². The summed E-state index contributed by atoms with van der Waals surface area (Å²) < 4.78 is 0. The van der Waals surface area contributed by atoms with Gasteiger partial charge in [0.25, 0.3) is 0 Å². The average Bonchev–Trinajstić information content (AvgIpc) is 2.31. The van der Waals surface area contributed by atoms with Crippen LogP contribution >= 0.6 is 0 Å². The highest BCUT2D eigenvalue weighted by Crippen LogP contribution is 2.22. The number of hydrogen-bond donors (Lipinski definition) is 3. The molecule has 0 aromatic heterocycles. The molecule has 0 aliphatic carbocycles. The standard InChI is InChI=1S/C10H15N3/c11-9-5-7-1-3-13-4-2-8(7)6-10(9)12/h5-6,13H,1-4,11-12H2. The third-order valence-corrected chi connectivity index (χ3v) is 2.55. The van der Waals surface area contributed by atoms with Crippen LogP contribution in [0.4, 0.5) is 11.4 Å². The zero-order valence-electron chi connectivity index (χ0n) is 7.64. The van der Waals surface area contributed by atoms with Crippen LogP contribution in [-0.2, 0) is 12.8 Å². The Morgan fingerprint density at radius 3 is 1.85 bits per heavy atom. The number of anilines is 2. The van der Waals surface area contributed by atoms with E-state index in [1.165, 1.54) is 11.1 Å². The van der Waals surface area contributed by atoms with Gasteiger partial charge in [-0.05, 0) is 49.2 Å². The van der Waals surface area contributed by atoms with Gasteiger partial charge in [-0.1, -0.05) is 0 Å². The van der Waals surface area contributed by atoms with E-state index in [-0.39, 0.29) is 0 Å². The van der Waals surface area contributed by atoms with E-state index in [0.29, 0.717) is 11.4 Å². The first-order chi connectivity index (χ1) is 6.27. The molecule has 70 valence electrons. The average molecular weight is 177 g/mol. The second-order valence-corrected chi connectivity index (χ2v) is 3.50. The monoisotopic (exact) mass is 177 g/mol. The molecule has 1 aliphatic heterocycles. The Kier molecular flexibility index (Phi) is 2.10. The lowest BCUT2D eigenvalue weighted by Gasteiger charge is -2.08. The number of fused-ring (bicyclic) bond motifs is 1. The van der Waals surface area contributed by atoms with Crippen molar-refractivity contribution in [1.82, 2.24) is 5.32 Å². The van der Waals surface area contributed by atoms with E-state index in [2.05, 4.69) is 5.32 Å². The van der Waals surface area contributed by atoms with E-state index in [4.69, 9.17) is 11.5 Å². The Morgan fingerprint density at radius 2 is 1.38 bits per heavy atom. The van der Waals surface area contributed by atoms with Crippen molar-refractivity contribution in [3.05, 3.63) is 23.3 Å². The first-order valence-electron chi connectivity index (χ1n) is 4.65. The maximum absolute atomic E-state index is 5.75. The Balaban J connectivity index is 2.43. The van der Waals surface area contributed by atoms with Crippen LogP contribution in [0.1, 0.15) is 11.1 Å². The number of nitrogens with one attached hydrogen (secondary N) is 1. The Morgan fingerprint density at radius 1 is 0.923 bits per heavy atom. The molecule has 0 spiro atoms. The van der Waals surface area contributed by atoms with Gasteiger partial charge in [-0.25, -0.2) is 0 Å². The molecule has 0 unspecified atom stereocenters.